The zero-order chi connectivity index (χ0) is 17.5. The van der Waals surface area contributed by atoms with Crippen LogP contribution in [-0.4, -0.2) is 39.6 Å². The smallest absolute Gasteiger partial charge is 0.214 e. The number of para-hydroxylation sites is 1. The highest BCUT2D eigenvalue weighted by Gasteiger charge is 2.08. The largest absolute Gasteiger partial charge is 0.496 e. The molecule has 0 saturated carbocycles. The maximum absolute atomic E-state index is 5.24. The molecule has 130 valence electrons. The summed E-state index contributed by atoms with van der Waals surface area (Å²) in [6, 6.07) is 16.0. The molecule has 0 atom stereocenters. The second kappa shape index (κ2) is 8.98. The van der Waals surface area contributed by atoms with Crippen LogP contribution in [0.2, 0.25) is 0 Å². The van der Waals surface area contributed by atoms with Gasteiger partial charge in [0.2, 0.25) is 5.16 Å². The predicted molar refractivity (Wildman–Crippen MR) is 102 cm³/mol. The Morgan fingerprint density at radius 2 is 2.04 bits per heavy atom. The maximum Gasteiger partial charge on any atom is 0.214 e. The van der Waals surface area contributed by atoms with Crippen molar-refractivity contribution in [3.8, 4) is 11.4 Å². The first-order valence-electron chi connectivity index (χ1n) is 7.77. The lowest BCUT2D eigenvalue weighted by atomic mass is 10.2. The Balaban J connectivity index is 1.47. The van der Waals surface area contributed by atoms with Crippen molar-refractivity contribution < 1.29 is 4.74 Å². The number of nitrogens with zero attached hydrogens (tertiary/aromatic N) is 4. The van der Waals surface area contributed by atoms with Crippen LogP contribution in [0.4, 0.5) is 0 Å². The van der Waals surface area contributed by atoms with Crippen molar-refractivity contribution >= 4 is 27.7 Å². The number of methoxy groups -OCH3 is 1. The number of hydrogen-bond donors (Lipinski definition) is 1. The van der Waals surface area contributed by atoms with Gasteiger partial charge in [0.1, 0.15) is 5.75 Å². The van der Waals surface area contributed by atoms with E-state index in [2.05, 4.69) is 48.9 Å². The molecule has 2 aromatic carbocycles. The molecule has 0 fully saturated rings. The van der Waals surface area contributed by atoms with Gasteiger partial charge in [-0.1, -0.05) is 36.0 Å². The first kappa shape index (κ1) is 17.9. The summed E-state index contributed by atoms with van der Waals surface area (Å²) >= 11 is 5.13. The SMILES string of the molecule is COc1ccc(CNCCSc2nnnn2-c2ccccc2)cc1Br. The Hall–Kier alpha value is -1.90. The van der Waals surface area contributed by atoms with E-state index in [0.29, 0.717) is 0 Å². The lowest BCUT2D eigenvalue weighted by molar-refractivity contribution is 0.412. The Bertz CT molecular complexity index is 812. The molecule has 25 heavy (non-hydrogen) atoms. The number of thioether (sulfide) groups is 1. The molecule has 0 aliphatic heterocycles. The zero-order valence-electron chi connectivity index (χ0n) is 13.7. The summed E-state index contributed by atoms with van der Waals surface area (Å²) in [5, 5.41) is 16.1. The molecular weight excluding hydrogens is 402 g/mol. The van der Waals surface area contributed by atoms with Crippen LogP contribution in [-0.2, 0) is 6.54 Å². The van der Waals surface area contributed by atoms with E-state index in [1.165, 1.54) is 5.56 Å². The number of aromatic nitrogens is 4. The standard InChI is InChI=1S/C17H18BrN5OS/c1-24-16-8-7-13(11-15(16)18)12-19-9-10-25-17-20-21-22-23(17)14-5-3-2-4-6-14/h2-8,11,19H,9-10,12H2,1H3. The summed E-state index contributed by atoms with van der Waals surface area (Å²) in [5.41, 5.74) is 2.16. The third kappa shape index (κ3) is 4.81. The monoisotopic (exact) mass is 419 g/mol. The van der Waals surface area contributed by atoms with E-state index in [9.17, 15) is 0 Å². The van der Waals surface area contributed by atoms with Crippen molar-refractivity contribution in [3.63, 3.8) is 0 Å². The van der Waals surface area contributed by atoms with Crippen molar-refractivity contribution in [3.05, 3.63) is 58.6 Å². The molecule has 1 aromatic heterocycles. The van der Waals surface area contributed by atoms with Crippen LogP contribution in [0.15, 0.2) is 58.2 Å². The first-order valence-corrected chi connectivity index (χ1v) is 9.55. The number of nitrogens with one attached hydrogen (secondary N) is 1. The van der Waals surface area contributed by atoms with Gasteiger partial charge >= 0.3 is 0 Å². The molecule has 0 radical (unpaired) electrons. The minimum atomic E-state index is 0.792. The number of tetrazole rings is 1. The highest BCUT2D eigenvalue weighted by molar-refractivity contribution is 9.10. The molecule has 0 aliphatic carbocycles. The topological polar surface area (TPSA) is 64.9 Å². The van der Waals surface area contributed by atoms with E-state index >= 15 is 0 Å². The van der Waals surface area contributed by atoms with E-state index < -0.39 is 0 Å². The molecule has 0 spiro atoms. The van der Waals surface area contributed by atoms with Crippen molar-refractivity contribution in [2.75, 3.05) is 19.4 Å². The van der Waals surface area contributed by atoms with Crippen LogP contribution in [0.5, 0.6) is 5.75 Å². The van der Waals surface area contributed by atoms with Crippen LogP contribution in [0.25, 0.3) is 5.69 Å². The van der Waals surface area contributed by atoms with Gasteiger partial charge in [-0.15, -0.1) is 5.10 Å². The van der Waals surface area contributed by atoms with Crippen molar-refractivity contribution in [1.82, 2.24) is 25.5 Å². The Kier molecular flexibility index (Phi) is 6.43. The predicted octanol–water partition coefficient (Wildman–Crippen LogP) is 3.32. The number of halogens is 1. The minimum Gasteiger partial charge on any atom is -0.496 e. The number of ether oxygens (including phenoxy) is 1. The lowest BCUT2D eigenvalue weighted by Gasteiger charge is -2.08. The van der Waals surface area contributed by atoms with Crippen LogP contribution in [0.3, 0.4) is 0 Å². The maximum atomic E-state index is 5.24. The Morgan fingerprint density at radius 1 is 1.20 bits per heavy atom. The van der Waals surface area contributed by atoms with Crippen molar-refractivity contribution in [1.29, 1.82) is 0 Å². The molecule has 0 aliphatic rings. The van der Waals surface area contributed by atoms with Crippen LogP contribution in [0.1, 0.15) is 5.56 Å². The van der Waals surface area contributed by atoms with Crippen LogP contribution >= 0.6 is 27.7 Å². The summed E-state index contributed by atoms with van der Waals surface area (Å²) < 4.78 is 7.96. The number of benzene rings is 2. The van der Waals surface area contributed by atoms with Gasteiger partial charge in [0.05, 0.1) is 17.3 Å². The summed E-state index contributed by atoms with van der Waals surface area (Å²) in [5.74, 6) is 1.72. The second-order valence-electron chi connectivity index (χ2n) is 5.20. The van der Waals surface area contributed by atoms with Crippen molar-refractivity contribution in [2.45, 2.75) is 11.7 Å². The molecule has 8 heteroatoms. The quantitative estimate of drug-likeness (QED) is 0.446. The zero-order valence-corrected chi connectivity index (χ0v) is 16.1. The molecule has 1 heterocycles. The average Bonchev–Trinajstić information content (AvgIpc) is 3.11. The molecule has 6 nitrogen and oxygen atoms in total. The van der Waals surface area contributed by atoms with E-state index in [1.54, 1.807) is 23.6 Å². The molecule has 0 saturated heterocycles. The molecule has 1 N–H and O–H groups in total. The van der Waals surface area contributed by atoms with Gasteiger partial charge in [-0.2, -0.15) is 4.68 Å². The highest BCUT2D eigenvalue weighted by atomic mass is 79.9. The molecule has 0 unspecified atom stereocenters. The van der Waals surface area contributed by atoms with Gasteiger partial charge < -0.3 is 10.1 Å². The fraction of sp³-hybridized carbons (Fsp3) is 0.235. The van der Waals surface area contributed by atoms with Crippen molar-refractivity contribution in [2.24, 2.45) is 0 Å². The summed E-state index contributed by atoms with van der Waals surface area (Å²) in [7, 11) is 1.66. The van der Waals surface area contributed by atoms with Gasteiger partial charge in [0.15, 0.2) is 0 Å². The fourth-order valence-electron chi connectivity index (χ4n) is 2.27. The third-order valence-corrected chi connectivity index (χ3v) is 5.04. The molecule has 0 bridgehead atoms. The molecule has 3 aromatic rings. The summed E-state index contributed by atoms with van der Waals surface area (Å²) in [6.45, 7) is 1.66. The second-order valence-corrected chi connectivity index (χ2v) is 7.12. The third-order valence-electron chi connectivity index (χ3n) is 3.50. The van der Waals surface area contributed by atoms with Gasteiger partial charge in [0, 0.05) is 18.8 Å². The van der Waals surface area contributed by atoms with E-state index in [1.807, 2.05) is 36.4 Å². The number of hydrogen-bond acceptors (Lipinski definition) is 6. The van der Waals surface area contributed by atoms with Crippen LogP contribution in [0, 0.1) is 0 Å². The normalized spacial score (nSPS) is 10.8. The summed E-state index contributed by atoms with van der Waals surface area (Å²) in [6.07, 6.45) is 0. The molecule has 3 rings (SSSR count). The summed E-state index contributed by atoms with van der Waals surface area (Å²) in [4.78, 5) is 0. The Labute approximate surface area is 159 Å². The van der Waals surface area contributed by atoms with E-state index in [0.717, 1.165) is 39.9 Å². The molecule has 0 amide bonds. The lowest BCUT2D eigenvalue weighted by Crippen LogP contribution is -2.16. The van der Waals surface area contributed by atoms with E-state index in [-0.39, 0.29) is 0 Å². The number of rotatable bonds is 8. The fourth-order valence-corrected chi connectivity index (χ4v) is 3.64. The average molecular weight is 420 g/mol. The van der Waals surface area contributed by atoms with Gasteiger partial charge in [-0.3, -0.25) is 0 Å². The van der Waals surface area contributed by atoms with Gasteiger partial charge in [0.25, 0.3) is 0 Å². The van der Waals surface area contributed by atoms with Crippen LogP contribution < -0.4 is 10.1 Å². The molecular formula is C17H18BrN5OS. The van der Waals surface area contributed by atoms with Gasteiger partial charge in [-0.25, -0.2) is 0 Å². The first-order chi connectivity index (χ1) is 12.3. The Morgan fingerprint density at radius 3 is 2.80 bits per heavy atom. The van der Waals surface area contributed by atoms with Gasteiger partial charge in [-0.05, 0) is 56.2 Å². The van der Waals surface area contributed by atoms with E-state index in [4.69, 9.17) is 4.74 Å². The highest BCUT2D eigenvalue weighted by Crippen LogP contribution is 2.25. The minimum absolute atomic E-state index is 0.792.